The lowest BCUT2D eigenvalue weighted by molar-refractivity contribution is 0.203. The summed E-state index contributed by atoms with van der Waals surface area (Å²) in [4.78, 5) is 0. The zero-order valence-electron chi connectivity index (χ0n) is 15.2. The van der Waals surface area contributed by atoms with E-state index >= 15 is 0 Å². The van der Waals surface area contributed by atoms with Crippen LogP contribution in [0.15, 0.2) is 48.5 Å². The molecule has 2 rings (SSSR count). The number of aliphatic hydroxyl groups is 2. The molecule has 0 saturated carbocycles. The van der Waals surface area contributed by atoms with Gasteiger partial charge >= 0.3 is 0 Å². The molecule has 0 fully saturated rings. The number of unbranched alkanes of at least 4 members (excludes halogenated alkanes) is 1. The molecule has 0 aliphatic heterocycles. The number of phenols is 2. The van der Waals surface area contributed by atoms with Crippen LogP contribution in [0.1, 0.15) is 36.8 Å². The second kappa shape index (κ2) is 10.8. The maximum atomic E-state index is 9.75. The van der Waals surface area contributed by atoms with E-state index < -0.39 is 0 Å². The molecule has 0 aromatic heterocycles. The van der Waals surface area contributed by atoms with Gasteiger partial charge in [-0.25, -0.2) is 0 Å². The van der Waals surface area contributed by atoms with Gasteiger partial charge in [-0.05, 0) is 79.3 Å². The molecule has 0 aliphatic carbocycles. The molecule has 4 heteroatoms. The minimum atomic E-state index is 0.125. The number of hydrogen-bond donors (Lipinski definition) is 4. The van der Waals surface area contributed by atoms with Crippen molar-refractivity contribution in [2.24, 2.45) is 11.8 Å². The maximum Gasteiger partial charge on any atom is 0.115 e. The number of aliphatic hydroxyl groups excluding tert-OH is 2. The van der Waals surface area contributed by atoms with Crippen molar-refractivity contribution in [3.63, 3.8) is 0 Å². The Kier molecular flexibility index (Phi) is 8.45. The lowest BCUT2D eigenvalue weighted by Crippen LogP contribution is -2.21. The quantitative estimate of drug-likeness (QED) is 0.462. The lowest BCUT2D eigenvalue weighted by Gasteiger charge is -2.27. The van der Waals surface area contributed by atoms with E-state index in [4.69, 9.17) is 5.11 Å². The molecule has 0 unspecified atom stereocenters. The molecule has 0 radical (unpaired) electrons. The van der Waals surface area contributed by atoms with Crippen molar-refractivity contribution < 1.29 is 20.4 Å². The van der Waals surface area contributed by atoms with Crippen LogP contribution in [0.5, 0.6) is 11.5 Å². The molecule has 0 amide bonds. The summed E-state index contributed by atoms with van der Waals surface area (Å²) >= 11 is 0. The highest BCUT2D eigenvalue weighted by Crippen LogP contribution is 2.30. The highest BCUT2D eigenvalue weighted by molar-refractivity contribution is 5.29. The molecule has 2 aromatic rings. The largest absolute Gasteiger partial charge is 0.508 e. The first-order chi connectivity index (χ1) is 12.6. The Labute approximate surface area is 155 Å². The summed E-state index contributed by atoms with van der Waals surface area (Å²) in [6.07, 6.45) is 4.97. The fraction of sp³-hybridized carbons (Fsp3) is 0.455. The van der Waals surface area contributed by atoms with Crippen molar-refractivity contribution in [2.45, 2.75) is 38.5 Å². The van der Waals surface area contributed by atoms with E-state index in [0.29, 0.717) is 12.3 Å². The van der Waals surface area contributed by atoms with Crippen molar-refractivity contribution in [1.29, 1.82) is 0 Å². The standard InChI is InChI=1S/C22H30O4/c23-11-2-1-7-19(13-17-5-3-8-21(25)15-17)20(10-12-24)14-18-6-4-9-22(26)16-18/h3-6,8-9,15-16,19-20,23-26H,1-2,7,10-14H2/t19-,20-/m0/s1. The normalized spacial score (nSPS) is 13.5. The van der Waals surface area contributed by atoms with Crippen LogP contribution in [-0.2, 0) is 12.8 Å². The van der Waals surface area contributed by atoms with Crippen LogP contribution in [-0.4, -0.2) is 33.6 Å². The van der Waals surface area contributed by atoms with Gasteiger partial charge in [0.15, 0.2) is 0 Å². The first-order valence-electron chi connectivity index (χ1n) is 9.40. The molecule has 26 heavy (non-hydrogen) atoms. The zero-order valence-corrected chi connectivity index (χ0v) is 15.2. The van der Waals surface area contributed by atoms with Crippen molar-refractivity contribution in [2.75, 3.05) is 13.2 Å². The van der Waals surface area contributed by atoms with Crippen LogP contribution in [0.25, 0.3) is 0 Å². The molecule has 2 atom stereocenters. The van der Waals surface area contributed by atoms with E-state index in [2.05, 4.69) is 0 Å². The summed E-state index contributed by atoms with van der Waals surface area (Å²) in [5.41, 5.74) is 2.14. The molecule has 0 aliphatic rings. The van der Waals surface area contributed by atoms with Crippen molar-refractivity contribution >= 4 is 0 Å². The third-order valence-corrected chi connectivity index (χ3v) is 4.97. The number of hydrogen-bond acceptors (Lipinski definition) is 4. The van der Waals surface area contributed by atoms with Gasteiger partial charge in [0.05, 0.1) is 0 Å². The summed E-state index contributed by atoms with van der Waals surface area (Å²) in [5, 5.41) is 38.2. The minimum absolute atomic E-state index is 0.125. The van der Waals surface area contributed by atoms with Crippen LogP contribution < -0.4 is 0 Å². The molecule has 142 valence electrons. The fourth-order valence-electron chi connectivity index (χ4n) is 3.67. The average molecular weight is 358 g/mol. The fourth-order valence-corrected chi connectivity index (χ4v) is 3.67. The molecule has 0 bridgehead atoms. The van der Waals surface area contributed by atoms with Crippen LogP contribution >= 0.6 is 0 Å². The van der Waals surface area contributed by atoms with Crippen LogP contribution in [0.4, 0.5) is 0 Å². The van der Waals surface area contributed by atoms with Gasteiger partial charge in [-0.15, -0.1) is 0 Å². The second-order valence-electron chi connectivity index (χ2n) is 7.00. The van der Waals surface area contributed by atoms with Gasteiger partial charge < -0.3 is 20.4 Å². The predicted molar refractivity (Wildman–Crippen MR) is 103 cm³/mol. The molecule has 4 nitrogen and oxygen atoms in total. The molecule has 0 saturated heterocycles. The van der Waals surface area contributed by atoms with E-state index in [-0.39, 0.29) is 30.6 Å². The van der Waals surface area contributed by atoms with E-state index in [1.54, 1.807) is 24.3 Å². The van der Waals surface area contributed by atoms with E-state index in [1.165, 1.54) is 0 Å². The summed E-state index contributed by atoms with van der Waals surface area (Å²) in [7, 11) is 0. The number of phenolic OH excluding ortho intramolecular Hbond substituents is 2. The Morgan fingerprint density at radius 1 is 0.654 bits per heavy atom. The molecular weight excluding hydrogens is 328 g/mol. The van der Waals surface area contributed by atoms with Gasteiger partial charge in [0.2, 0.25) is 0 Å². The van der Waals surface area contributed by atoms with Gasteiger partial charge in [-0.2, -0.15) is 0 Å². The summed E-state index contributed by atoms with van der Waals surface area (Å²) in [5.74, 6) is 1.12. The van der Waals surface area contributed by atoms with Crippen molar-refractivity contribution in [3.8, 4) is 11.5 Å². The van der Waals surface area contributed by atoms with Crippen molar-refractivity contribution in [1.82, 2.24) is 0 Å². The zero-order chi connectivity index (χ0) is 18.8. The predicted octanol–water partition coefficient (Wildman–Crippen LogP) is 3.66. The van der Waals surface area contributed by atoms with Gasteiger partial charge in [0.1, 0.15) is 11.5 Å². The molecule has 2 aromatic carbocycles. The van der Waals surface area contributed by atoms with Gasteiger partial charge in [0.25, 0.3) is 0 Å². The van der Waals surface area contributed by atoms with Gasteiger partial charge in [-0.3, -0.25) is 0 Å². The van der Waals surface area contributed by atoms with Crippen LogP contribution in [0, 0.1) is 11.8 Å². The highest BCUT2D eigenvalue weighted by Gasteiger charge is 2.22. The van der Waals surface area contributed by atoms with Crippen LogP contribution in [0.2, 0.25) is 0 Å². The first-order valence-corrected chi connectivity index (χ1v) is 9.40. The summed E-state index contributed by atoms with van der Waals surface area (Å²) in [6, 6.07) is 14.6. The Hall–Kier alpha value is -2.04. The average Bonchev–Trinajstić information content (AvgIpc) is 2.61. The number of rotatable bonds is 11. The molecule has 4 N–H and O–H groups in total. The minimum Gasteiger partial charge on any atom is -0.508 e. The third-order valence-electron chi connectivity index (χ3n) is 4.97. The van der Waals surface area contributed by atoms with Gasteiger partial charge in [0, 0.05) is 13.2 Å². The Bertz CT molecular complexity index is 656. The Morgan fingerprint density at radius 2 is 1.19 bits per heavy atom. The Morgan fingerprint density at radius 3 is 1.65 bits per heavy atom. The highest BCUT2D eigenvalue weighted by atomic mass is 16.3. The number of benzene rings is 2. The lowest BCUT2D eigenvalue weighted by atomic mass is 9.78. The molecular formula is C22H30O4. The molecule has 0 heterocycles. The number of aromatic hydroxyl groups is 2. The van der Waals surface area contributed by atoms with E-state index in [0.717, 1.165) is 43.2 Å². The van der Waals surface area contributed by atoms with Crippen molar-refractivity contribution in [3.05, 3.63) is 59.7 Å². The topological polar surface area (TPSA) is 80.9 Å². The summed E-state index contributed by atoms with van der Waals surface area (Å²) < 4.78 is 0. The summed E-state index contributed by atoms with van der Waals surface area (Å²) in [6.45, 7) is 0.316. The first kappa shape index (κ1) is 20.3. The molecule has 0 spiro atoms. The van der Waals surface area contributed by atoms with Gasteiger partial charge in [-0.1, -0.05) is 30.7 Å². The second-order valence-corrected chi connectivity index (χ2v) is 7.00. The van der Waals surface area contributed by atoms with E-state index in [1.807, 2.05) is 24.3 Å². The monoisotopic (exact) mass is 358 g/mol. The third kappa shape index (κ3) is 6.70. The maximum absolute atomic E-state index is 9.75. The smallest absolute Gasteiger partial charge is 0.115 e. The Balaban J connectivity index is 2.16. The van der Waals surface area contributed by atoms with E-state index in [9.17, 15) is 15.3 Å². The SMILES string of the molecule is OCCCC[C@@H](Cc1cccc(O)c1)[C@@H](CCO)Cc1cccc(O)c1. The van der Waals surface area contributed by atoms with Crippen LogP contribution in [0.3, 0.4) is 0 Å².